The normalized spacial score (nSPS) is 23.1. The summed E-state index contributed by atoms with van der Waals surface area (Å²) in [6.45, 7) is 4.41. The van der Waals surface area contributed by atoms with Crippen LogP contribution >= 0.6 is 0 Å². The maximum absolute atomic E-state index is 4.37. The Kier molecular flexibility index (Phi) is 1.94. The Balaban J connectivity index is 1.81. The van der Waals surface area contributed by atoms with Gasteiger partial charge in [-0.1, -0.05) is 0 Å². The fourth-order valence-electron chi connectivity index (χ4n) is 2.60. The Labute approximate surface area is 90.5 Å². The fourth-order valence-corrected chi connectivity index (χ4v) is 2.60. The van der Waals surface area contributed by atoms with Crippen LogP contribution in [0.4, 0.5) is 5.82 Å². The summed E-state index contributed by atoms with van der Waals surface area (Å²) in [5.41, 5.74) is 1.73. The highest BCUT2D eigenvalue weighted by molar-refractivity contribution is 5.40. The number of nitrogens with zero attached hydrogens (tertiary/aromatic N) is 3. The van der Waals surface area contributed by atoms with Gasteiger partial charge in [0.05, 0.1) is 0 Å². The molecular weight excluding hydrogens is 186 g/mol. The topological polar surface area (TPSA) is 29.0 Å². The quantitative estimate of drug-likeness (QED) is 0.700. The Hall–Kier alpha value is -1.12. The summed E-state index contributed by atoms with van der Waals surface area (Å²) in [5, 5.41) is 0. The Morgan fingerprint density at radius 2 is 2.13 bits per heavy atom. The van der Waals surface area contributed by atoms with E-state index in [2.05, 4.69) is 20.9 Å². The van der Waals surface area contributed by atoms with Crippen molar-refractivity contribution in [1.82, 2.24) is 9.97 Å². The molecule has 1 saturated carbocycles. The first-order chi connectivity index (χ1) is 7.27. The van der Waals surface area contributed by atoms with Gasteiger partial charge in [-0.15, -0.1) is 0 Å². The number of anilines is 1. The lowest BCUT2D eigenvalue weighted by molar-refractivity contribution is 0.393. The lowest BCUT2D eigenvalue weighted by Crippen LogP contribution is -2.37. The predicted octanol–water partition coefficient (Wildman–Crippen LogP) is 2.17. The molecule has 1 spiro atoms. The zero-order valence-corrected chi connectivity index (χ0v) is 9.24. The van der Waals surface area contributed by atoms with Gasteiger partial charge in [0.25, 0.3) is 0 Å². The lowest BCUT2D eigenvalue weighted by Gasteiger charge is -2.33. The van der Waals surface area contributed by atoms with Crippen LogP contribution in [0.25, 0.3) is 0 Å². The van der Waals surface area contributed by atoms with Crippen LogP contribution in [0.3, 0.4) is 0 Å². The molecule has 0 unspecified atom stereocenters. The van der Waals surface area contributed by atoms with Gasteiger partial charge in [0, 0.05) is 24.8 Å². The Bertz CT molecular complexity index is 371. The van der Waals surface area contributed by atoms with Crippen LogP contribution in [0.5, 0.6) is 0 Å². The summed E-state index contributed by atoms with van der Waals surface area (Å²) in [4.78, 5) is 11.0. The van der Waals surface area contributed by atoms with Crippen LogP contribution in [0.1, 0.15) is 31.4 Å². The smallest absolute Gasteiger partial charge is 0.132 e. The zero-order valence-electron chi connectivity index (χ0n) is 9.24. The van der Waals surface area contributed by atoms with Gasteiger partial charge < -0.3 is 4.90 Å². The van der Waals surface area contributed by atoms with Crippen LogP contribution in [0.2, 0.25) is 0 Å². The van der Waals surface area contributed by atoms with Crippen molar-refractivity contribution in [2.45, 2.75) is 32.6 Å². The molecule has 2 heterocycles. The summed E-state index contributed by atoms with van der Waals surface area (Å²) < 4.78 is 0. The van der Waals surface area contributed by atoms with Gasteiger partial charge in [0.2, 0.25) is 0 Å². The molecule has 0 N–H and O–H groups in total. The molecule has 15 heavy (non-hydrogen) atoms. The van der Waals surface area contributed by atoms with Crippen LogP contribution in [-0.2, 0) is 0 Å². The van der Waals surface area contributed by atoms with Gasteiger partial charge >= 0.3 is 0 Å². The first-order valence-electron chi connectivity index (χ1n) is 5.81. The van der Waals surface area contributed by atoms with Crippen molar-refractivity contribution in [2.75, 3.05) is 18.0 Å². The largest absolute Gasteiger partial charge is 0.356 e. The van der Waals surface area contributed by atoms with Crippen molar-refractivity contribution in [3.05, 3.63) is 18.1 Å². The molecule has 0 amide bonds. The van der Waals surface area contributed by atoms with E-state index < -0.39 is 0 Å². The molecule has 3 heteroatoms. The molecule has 80 valence electrons. The van der Waals surface area contributed by atoms with E-state index in [1.54, 1.807) is 6.33 Å². The number of hydrogen-bond acceptors (Lipinski definition) is 3. The molecule has 1 aliphatic heterocycles. The fraction of sp³-hybridized carbons (Fsp3) is 0.667. The standard InChI is InChI=1S/C12H17N3/c1-10-7-11(14-9-13-10)15-6-2-3-12(8-15)4-5-12/h7,9H,2-6,8H2,1H3. The average Bonchev–Trinajstić information content (AvgIpc) is 2.98. The van der Waals surface area contributed by atoms with E-state index in [4.69, 9.17) is 0 Å². The minimum atomic E-state index is 0.664. The van der Waals surface area contributed by atoms with Gasteiger partial charge in [-0.05, 0) is 38.0 Å². The van der Waals surface area contributed by atoms with E-state index in [-0.39, 0.29) is 0 Å². The highest BCUT2D eigenvalue weighted by Gasteiger charge is 2.45. The summed E-state index contributed by atoms with van der Waals surface area (Å²) in [5.74, 6) is 1.12. The lowest BCUT2D eigenvalue weighted by atomic mass is 9.95. The van der Waals surface area contributed by atoms with Crippen LogP contribution in [-0.4, -0.2) is 23.1 Å². The molecule has 1 aromatic rings. The molecule has 2 fully saturated rings. The van der Waals surface area contributed by atoms with E-state index in [0.29, 0.717) is 5.41 Å². The number of aryl methyl sites for hydroxylation is 1. The van der Waals surface area contributed by atoms with Crippen molar-refractivity contribution in [3.8, 4) is 0 Å². The summed E-state index contributed by atoms with van der Waals surface area (Å²) >= 11 is 0. The van der Waals surface area contributed by atoms with E-state index in [0.717, 1.165) is 18.1 Å². The molecule has 0 aromatic carbocycles. The molecule has 1 aliphatic carbocycles. The van der Waals surface area contributed by atoms with Crippen molar-refractivity contribution >= 4 is 5.82 Å². The molecule has 2 aliphatic rings. The first-order valence-corrected chi connectivity index (χ1v) is 5.81. The SMILES string of the molecule is Cc1cc(N2CCCC3(CC3)C2)ncn1. The average molecular weight is 203 g/mol. The van der Waals surface area contributed by atoms with E-state index in [1.807, 2.05) is 6.92 Å². The van der Waals surface area contributed by atoms with Crippen molar-refractivity contribution in [2.24, 2.45) is 5.41 Å². The van der Waals surface area contributed by atoms with Crippen LogP contribution in [0, 0.1) is 12.3 Å². The van der Waals surface area contributed by atoms with Crippen molar-refractivity contribution < 1.29 is 0 Å². The van der Waals surface area contributed by atoms with E-state index in [9.17, 15) is 0 Å². The van der Waals surface area contributed by atoms with Crippen LogP contribution in [0.15, 0.2) is 12.4 Å². The number of piperidine rings is 1. The molecule has 3 rings (SSSR count). The van der Waals surface area contributed by atoms with E-state index >= 15 is 0 Å². The maximum atomic E-state index is 4.37. The molecule has 1 saturated heterocycles. The second-order valence-corrected chi connectivity index (χ2v) is 5.04. The van der Waals surface area contributed by atoms with Gasteiger partial charge in [-0.25, -0.2) is 9.97 Å². The third-order valence-electron chi connectivity index (χ3n) is 3.73. The second-order valence-electron chi connectivity index (χ2n) is 5.04. The third-order valence-corrected chi connectivity index (χ3v) is 3.73. The molecule has 0 atom stereocenters. The second kappa shape index (κ2) is 3.19. The molecule has 0 bridgehead atoms. The van der Waals surface area contributed by atoms with Crippen LogP contribution < -0.4 is 4.90 Å². The zero-order chi connectivity index (χ0) is 10.3. The highest BCUT2D eigenvalue weighted by Crippen LogP contribution is 2.52. The number of hydrogen-bond donors (Lipinski definition) is 0. The first kappa shape index (κ1) is 9.13. The molecule has 0 radical (unpaired) electrons. The molecule has 3 nitrogen and oxygen atoms in total. The van der Waals surface area contributed by atoms with Crippen molar-refractivity contribution in [3.63, 3.8) is 0 Å². The van der Waals surface area contributed by atoms with Gasteiger partial charge in [-0.3, -0.25) is 0 Å². The summed E-state index contributed by atoms with van der Waals surface area (Å²) in [6, 6.07) is 2.10. The number of aromatic nitrogens is 2. The Morgan fingerprint density at radius 3 is 2.87 bits per heavy atom. The van der Waals surface area contributed by atoms with Gasteiger partial charge in [0.1, 0.15) is 12.1 Å². The highest BCUT2D eigenvalue weighted by atomic mass is 15.2. The molecule has 1 aromatic heterocycles. The van der Waals surface area contributed by atoms with Gasteiger partial charge in [0.15, 0.2) is 0 Å². The summed E-state index contributed by atoms with van der Waals surface area (Å²) in [7, 11) is 0. The van der Waals surface area contributed by atoms with Crippen molar-refractivity contribution in [1.29, 1.82) is 0 Å². The maximum Gasteiger partial charge on any atom is 0.132 e. The summed E-state index contributed by atoms with van der Waals surface area (Å²) in [6.07, 6.45) is 7.27. The minimum Gasteiger partial charge on any atom is -0.356 e. The predicted molar refractivity (Wildman–Crippen MR) is 59.9 cm³/mol. The third kappa shape index (κ3) is 1.71. The minimum absolute atomic E-state index is 0.664. The van der Waals surface area contributed by atoms with Gasteiger partial charge in [-0.2, -0.15) is 0 Å². The Morgan fingerprint density at radius 1 is 1.27 bits per heavy atom. The monoisotopic (exact) mass is 203 g/mol. The number of rotatable bonds is 1. The molecular formula is C12H17N3. The van der Waals surface area contributed by atoms with E-state index in [1.165, 1.54) is 32.2 Å².